The minimum Gasteiger partial charge on any atom is -0.354 e. The maximum Gasteiger partial charge on any atom is 0.234 e. The number of hydrogen-bond acceptors (Lipinski definition) is 4. The van der Waals surface area contributed by atoms with Crippen LogP contribution in [0.15, 0.2) is 0 Å². The summed E-state index contributed by atoms with van der Waals surface area (Å²) >= 11 is 3.66. The fourth-order valence-corrected chi connectivity index (χ4v) is 3.79. The van der Waals surface area contributed by atoms with Gasteiger partial charge in [-0.2, -0.15) is 11.8 Å². The van der Waals surface area contributed by atoms with E-state index in [4.69, 9.17) is 0 Å². The van der Waals surface area contributed by atoms with Gasteiger partial charge in [0.1, 0.15) is 0 Å². The first-order valence-corrected chi connectivity index (χ1v) is 7.22. The molecule has 1 heterocycles. The molecule has 0 aromatic rings. The lowest BCUT2D eigenvalue weighted by Crippen LogP contribution is -2.39. The van der Waals surface area contributed by atoms with Crippen LogP contribution in [-0.2, 0) is 4.79 Å². The van der Waals surface area contributed by atoms with Crippen molar-refractivity contribution in [2.75, 3.05) is 36.9 Å². The lowest BCUT2D eigenvalue weighted by molar-refractivity contribution is -0.120. The SMILES string of the molecule is CCNCCNC(=O)C1CSCCS1. The smallest absolute Gasteiger partial charge is 0.234 e. The predicted octanol–water partition coefficient (Wildman–Crippen LogP) is 0.561. The van der Waals surface area contributed by atoms with Crippen LogP contribution in [0.4, 0.5) is 0 Å². The van der Waals surface area contributed by atoms with Crippen molar-refractivity contribution in [1.82, 2.24) is 10.6 Å². The molecule has 0 spiro atoms. The molecule has 1 rings (SSSR count). The van der Waals surface area contributed by atoms with Gasteiger partial charge in [0.25, 0.3) is 0 Å². The first kappa shape index (κ1) is 12.2. The van der Waals surface area contributed by atoms with Crippen molar-refractivity contribution in [2.24, 2.45) is 0 Å². The molecule has 0 saturated carbocycles. The Labute approximate surface area is 94.2 Å². The highest BCUT2D eigenvalue weighted by molar-refractivity contribution is 8.07. The number of carbonyl (C=O) groups excluding carboxylic acids is 1. The molecule has 1 atom stereocenters. The molecule has 1 aliphatic rings. The largest absolute Gasteiger partial charge is 0.354 e. The zero-order chi connectivity index (χ0) is 10.2. The lowest BCUT2D eigenvalue weighted by Gasteiger charge is -2.20. The van der Waals surface area contributed by atoms with E-state index in [-0.39, 0.29) is 11.2 Å². The van der Waals surface area contributed by atoms with Crippen molar-refractivity contribution in [3.63, 3.8) is 0 Å². The molecule has 0 bridgehead atoms. The van der Waals surface area contributed by atoms with E-state index in [0.29, 0.717) is 0 Å². The van der Waals surface area contributed by atoms with Gasteiger partial charge in [-0.25, -0.2) is 0 Å². The summed E-state index contributed by atoms with van der Waals surface area (Å²) in [5.41, 5.74) is 0. The normalized spacial score (nSPS) is 21.9. The number of rotatable bonds is 5. The second-order valence-corrected chi connectivity index (χ2v) is 5.54. The van der Waals surface area contributed by atoms with Gasteiger partial charge < -0.3 is 10.6 Å². The zero-order valence-corrected chi connectivity index (χ0v) is 10.2. The van der Waals surface area contributed by atoms with Gasteiger partial charge in [-0.3, -0.25) is 4.79 Å². The second kappa shape index (κ2) is 7.43. The third-order valence-corrected chi connectivity index (χ3v) is 4.71. The van der Waals surface area contributed by atoms with Crippen LogP contribution in [-0.4, -0.2) is 48.0 Å². The summed E-state index contributed by atoms with van der Waals surface area (Å²) in [6, 6.07) is 0. The Hall–Kier alpha value is 0.130. The topological polar surface area (TPSA) is 41.1 Å². The van der Waals surface area contributed by atoms with Crippen LogP contribution in [0.1, 0.15) is 6.92 Å². The van der Waals surface area contributed by atoms with Crippen LogP contribution < -0.4 is 10.6 Å². The highest BCUT2D eigenvalue weighted by Gasteiger charge is 2.21. The van der Waals surface area contributed by atoms with Crippen LogP contribution >= 0.6 is 23.5 Å². The Morgan fingerprint density at radius 3 is 2.93 bits per heavy atom. The Kier molecular flexibility index (Phi) is 6.47. The van der Waals surface area contributed by atoms with Gasteiger partial charge in [-0.1, -0.05) is 6.92 Å². The number of likely N-dealkylation sites (N-methyl/N-ethyl adjacent to an activating group) is 1. The fraction of sp³-hybridized carbons (Fsp3) is 0.889. The van der Waals surface area contributed by atoms with Crippen LogP contribution in [0, 0.1) is 0 Å². The molecule has 1 aliphatic heterocycles. The molecule has 5 heteroatoms. The van der Waals surface area contributed by atoms with Crippen LogP contribution in [0.3, 0.4) is 0 Å². The van der Waals surface area contributed by atoms with Crippen molar-refractivity contribution in [3.8, 4) is 0 Å². The zero-order valence-electron chi connectivity index (χ0n) is 8.54. The van der Waals surface area contributed by atoms with Gasteiger partial charge in [-0.05, 0) is 6.54 Å². The summed E-state index contributed by atoms with van der Waals surface area (Å²) in [6.07, 6.45) is 0. The molecular weight excluding hydrogens is 216 g/mol. The van der Waals surface area contributed by atoms with E-state index in [2.05, 4.69) is 17.6 Å². The Morgan fingerprint density at radius 1 is 1.43 bits per heavy atom. The van der Waals surface area contributed by atoms with E-state index in [1.165, 1.54) is 5.75 Å². The number of carbonyl (C=O) groups is 1. The summed E-state index contributed by atoms with van der Waals surface area (Å²) in [4.78, 5) is 11.6. The van der Waals surface area contributed by atoms with Gasteiger partial charge in [-0.15, -0.1) is 11.8 Å². The first-order chi connectivity index (χ1) is 6.84. The third kappa shape index (κ3) is 4.57. The minimum atomic E-state index is 0.176. The molecule has 82 valence electrons. The molecule has 2 N–H and O–H groups in total. The van der Waals surface area contributed by atoms with Crippen LogP contribution in [0.25, 0.3) is 0 Å². The number of thioether (sulfide) groups is 2. The molecule has 1 saturated heterocycles. The summed E-state index contributed by atoms with van der Waals surface area (Å²) in [5.74, 6) is 3.47. The molecule has 1 fully saturated rings. The standard InChI is InChI=1S/C9H18N2OS2/c1-2-10-3-4-11-9(12)8-7-13-5-6-14-8/h8,10H,2-7H2,1H3,(H,11,12). The monoisotopic (exact) mass is 234 g/mol. The first-order valence-electron chi connectivity index (χ1n) is 5.02. The Morgan fingerprint density at radius 2 is 2.29 bits per heavy atom. The summed E-state index contributed by atoms with van der Waals surface area (Å²) < 4.78 is 0. The van der Waals surface area contributed by atoms with E-state index in [1.54, 1.807) is 11.8 Å². The highest BCUT2D eigenvalue weighted by atomic mass is 32.2. The predicted molar refractivity (Wildman–Crippen MR) is 65.1 cm³/mol. The van der Waals surface area contributed by atoms with Gasteiger partial charge in [0.2, 0.25) is 5.91 Å². The van der Waals surface area contributed by atoms with Gasteiger partial charge in [0.15, 0.2) is 0 Å². The summed E-state index contributed by atoms with van der Waals surface area (Å²) in [6.45, 7) is 4.64. The van der Waals surface area contributed by atoms with Crippen LogP contribution in [0.2, 0.25) is 0 Å². The second-order valence-electron chi connectivity index (χ2n) is 3.08. The quantitative estimate of drug-likeness (QED) is 0.682. The van der Waals surface area contributed by atoms with Gasteiger partial charge >= 0.3 is 0 Å². The minimum absolute atomic E-state index is 0.176. The number of nitrogens with one attached hydrogen (secondary N) is 2. The molecule has 14 heavy (non-hydrogen) atoms. The molecular formula is C9H18N2OS2. The molecule has 1 unspecified atom stereocenters. The van der Waals surface area contributed by atoms with Crippen molar-refractivity contribution >= 4 is 29.4 Å². The lowest BCUT2D eigenvalue weighted by atomic mass is 10.4. The van der Waals surface area contributed by atoms with Crippen molar-refractivity contribution in [3.05, 3.63) is 0 Å². The molecule has 0 radical (unpaired) electrons. The van der Waals surface area contributed by atoms with Crippen molar-refractivity contribution in [1.29, 1.82) is 0 Å². The molecule has 3 nitrogen and oxygen atoms in total. The fourth-order valence-electron chi connectivity index (χ4n) is 1.20. The van der Waals surface area contributed by atoms with Crippen molar-refractivity contribution in [2.45, 2.75) is 12.2 Å². The van der Waals surface area contributed by atoms with Gasteiger partial charge in [0, 0.05) is 30.3 Å². The van der Waals surface area contributed by atoms with E-state index in [9.17, 15) is 4.79 Å². The number of amides is 1. The van der Waals surface area contributed by atoms with E-state index < -0.39 is 0 Å². The van der Waals surface area contributed by atoms with Gasteiger partial charge in [0.05, 0.1) is 5.25 Å². The molecule has 1 amide bonds. The maximum absolute atomic E-state index is 11.6. The molecule has 0 aromatic heterocycles. The maximum atomic E-state index is 11.6. The average Bonchev–Trinajstić information content (AvgIpc) is 2.25. The van der Waals surface area contributed by atoms with Crippen LogP contribution in [0.5, 0.6) is 0 Å². The van der Waals surface area contributed by atoms with E-state index in [1.807, 2.05) is 11.8 Å². The van der Waals surface area contributed by atoms with Crippen molar-refractivity contribution < 1.29 is 4.79 Å². The third-order valence-electron chi connectivity index (χ3n) is 1.96. The average molecular weight is 234 g/mol. The Bertz CT molecular complexity index is 172. The molecule has 0 aromatic carbocycles. The highest BCUT2D eigenvalue weighted by Crippen LogP contribution is 2.23. The van der Waals surface area contributed by atoms with E-state index >= 15 is 0 Å². The molecule has 0 aliphatic carbocycles. The summed E-state index contributed by atoms with van der Waals surface area (Å²) in [7, 11) is 0. The Balaban J connectivity index is 2.07. The number of hydrogen-bond donors (Lipinski definition) is 2. The summed E-state index contributed by atoms with van der Waals surface area (Å²) in [5, 5.41) is 6.31. The van der Waals surface area contributed by atoms with E-state index in [0.717, 1.165) is 31.1 Å².